The largest absolute Gasteiger partial charge is 0.399 e. The molecule has 106 valence electrons. The van der Waals surface area contributed by atoms with Crippen LogP contribution in [0.2, 0.25) is 5.02 Å². The first-order chi connectivity index (χ1) is 10.2. The molecule has 1 aromatic heterocycles. The van der Waals surface area contributed by atoms with E-state index in [2.05, 4.69) is 15.6 Å². The highest BCUT2D eigenvalue weighted by atomic mass is 35.5. The summed E-state index contributed by atoms with van der Waals surface area (Å²) in [6, 6.07) is 15.8. The molecular weight excluding hydrogens is 282 g/mol. The van der Waals surface area contributed by atoms with Crippen molar-refractivity contribution in [3.05, 3.63) is 82.9 Å². The van der Waals surface area contributed by atoms with Crippen molar-refractivity contribution in [1.82, 2.24) is 9.55 Å². The van der Waals surface area contributed by atoms with Crippen LogP contribution in [0.15, 0.2) is 60.9 Å². The number of halogens is 1. The summed E-state index contributed by atoms with van der Waals surface area (Å²) in [5, 5.41) is 0.752. The lowest BCUT2D eigenvalue weighted by atomic mass is 10.1. The van der Waals surface area contributed by atoms with Crippen molar-refractivity contribution in [2.24, 2.45) is 0 Å². The van der Waals surface area contributed by atoms with Crippen molar-refractivity contribution in [3.8, 4) is 0 Å². The molecule has 21 heavy (non-hydrogen) atoms. The fourth-order valence-corrected chi connectivity index (χ4v) is 2.45. The van der Waals surface area contributed by atoms with Crippen molar-refractivity contribution in [1.29, 1.82) is 0 Å². The second-order valence-electron chi connectivity index (χ2n) is 5.02. The number of benzene rings is 2. The first-order valence-corrected chi connectivity index (χ1v) is 7.17. The van der Waals surface area contributed by atoms with Gasteiger partial charge in [-0.3, -0.25) is 0 Å². The van der Waals surface area contributed by atoms with Crippen molar-refractivity contribution in [3.63, 3.8) is 0 Å². The summed E-state index contributed by atoms with van der Waals surface area (Å²) in [7, 11) is 0. The third-order valence-electron chi connectivity index (χ3n) is 3.38. The standard InChI is InChI=1S/C17H16ClN3/c18-15-6-4-13(5-7-15)11-17-20-8-9-21(17)12-14-2-1-3-16(19)10-14/h1-10H,11-12,19H2. The molecule has 0 radical (unpaired) electrons. The van der Waals surface area contributed by atoms with E-state index < -0.39 is 0 Å². The second-order valence-corrected chi connectivity index (χ2v) is 5.46. The number of aromatic nitrogens is 2. The number of hydrogen-bond acceptors (Lipinski definition) is 2. The Kier molecular flexibility index (Phi) is 3.93. The summed E-state index contributed by atoms with van der Waals surface area (Å²) in [6.45, 7) is 0.772. The zero-order valence-electron chi connectivity index (χ0n) is 11.5. The molecule has 3 nitrogen and oxygen atoms in total. The predicted octanol–water partition coefficient (Wildman–Crippen LogP) is 3.76. The van der Waals surface area contributed by atoms with Gasteiger partial charge < -0.3 is 10.3 Å². The van der Waals surface area contributed by atoms with E-state index in [1.54, 1.807) is 0 Å². The van der Waals surface area contributed by atoms with Gasteiger partial charge >= 0.3 is 0 Å². The van der Waals surface area contributed by atoms with Crippen molar-refractivity contribution in [2.45, 2.75) is 13.0 Å². The lowest BCUT2D eigenvalue weighted by Gasteiger charge is -2.09. The Balaban J connectivity index is 1.79. The van der Waals surface area contributed by atoms with Crippen molar-refractivity contribution < 1.29 is 0 Å². The summed E-state index contributed by atoms with van der Waals surface area (Å²) in [5.74, 6) is 1.03. The van der Waals surface area contributed by atoms with Crippen LogP contribution in [0.1, 0.15) is 17.0 Å². The lowest BCUT2D eigenvalue weighted by Crippen LogP contribution is -2.05. The molecule has 0 saturated carbocycles. The topological polar surface area (TPSA) is 43.8 Å². The molecule has 3 rings (SSSR count). The SMILES string of the molecule is Nc1cccc(Cn2ccnc2Cc2ccc(Cl)cc2)c1. The maximum Gasteiger partial charge on any atom is 0.113 e. The number of nitrogens with zero attached hydrogens (tertiary/aromatic N) is 2. The van der Waals surface area contributed by atoms with E-state index in [4.69, 9.17) is 17.3 Å². The molecule has 0 atom stereocenters. The van der Waals surface area contributed by atoms with Crippen LogP contribution in [0.3, 0.4) is 0 Å². The summed E-state index contributed by atoms with van der Waals surface area (Å²) in [4.78, 5) is 4.45. The van der Waals surface area contributed by atoms with Gasteiger partial charge in [-0.25, -0.2) is 4.98 Å². The Bertz CT molecular complexity index is 732. The van der Waals surface area contributed by atoms with Gasteiger partial charge in [0.15, 0.2) is 0 Å². The van der Waals surface area contributed by atoms with Crippen LogP contribution in [0, 0.1) is 0 Å². The van der Waals surface area contributed by atoms with E-state index in [0.29, 0.717) is 0 Å². The normalized spacial score (nSPS) is 10.7. The van der Waals surface area contributed by atoms with Crippen LogP contribution in [-0.4, -0.2) is 9.55 Å². The molecule has 0 aliphatic carbocycles. The molecule has 0 spiro atoms. The van der Waals surface area contributed by atoms with E-state index in [9.17, 15) is 0 Å². The van der Waals surface area contributed by atoms with Gasteiger partial charge in [0.05, 0.1) is 0 Å². The smallest absolute Gasteiger partial charge is 0.113 e. The Morgan fingerprint density at radius 3 is 2.62 bits per heavy atom. The van der Waals surface area contributed by atoms with E-state index in [-0.39, 0.29) is 0 Å². The number of nitrogens with two attached hydrogens (primary N) is 1. The van der Waals surface area contributed by atoms with Gasteiger partial charge in [-0.15, -0.1) is 0 Å². The Morgan fingerprint density at radius 1 is 1.05 bits per heavy atom. The van der Waals surface area contributed by atoms with Crippen molar-refractivity contribution in [2.75, 3.05) is 5.73 Å². The van der Waals surface area contributed by atoms with Crippen LogP contribution in [-0.2, 0) is 13.0 Å². The number of anilines is 1. The van der Waals surface area contributed by atoms with Crippen LogP contribution < -0.4 is 5.73 Å². The summed E-state index contributed by atoms with van der Waals surface area (Å²) < 4.78 is 2.14. The Morgan fingerprint density at radius 2 is 1.86 bits per heavy atom. The maximum absolute atomic E-state index is 5.91. The average molecular weight is 298 g/mol. The van der Waals surface area contributed by atoms with Gasteiger partial charge in [-0.1, -0.05) is 35.9 Å². The Labute approximate surface area is 129 Å². The van der Waals surface area contributed by atoms with Gasteiger partial charge in [0.1, 0.15) is 5.82 Å². The highest BCUT2D eigenvalue weighted by molar-refractivity contribution is 6.30. The molecular formula is C17H16ClN3. The Hall–Kier alpha value is -2.26. The summed E-state index contributed by atoms with van der Waals surface area (Å²) >= 11 is 5.91. The van der Waals surface area contributed by atoms with E-state index >= 15 is 0 Å². The quantitative estimate of drug-likeness (QED) is 0.745. The van der Waals surface area contributed by atoms with Crippen molar-refractivity contribution >= 4 is 17.3 Å². The van der Waals surface area contributed by atoms with Crippen LogP contribution in [0.4, 0.5) is 5.69 Å². The second kappa shape index (κ2) is 6.02. The van der Waals surface area contributed by atoms with E-state index in [1.807, 2.05) is 54.9 Å². The molecule has 0 bridgehead atoms. The molecule has 0 amide bonds. The van der Waals surface area contributed by atoms with Gasteiger partial charge in [0.2, 0.25) is 0 Å². The van der Waals surface area contributed by atoms with Crippen LogP contribution in [0.5, 0.6) is 0 Å². The van der Waals surface area contributed by atoms with Gasteiger partial charge in [0.25, 0.3) is 0 Å². The van der Waals surface area contributed by atoms with E-state index in [0.717, 1.165) is 29.5 Å². The predicted molar refractivity (Wildman–Crippen MR) is 86.4 cm³/mol. The van der Waals surface area contributed by atoms with Gasteiger partial charge in [-0.05, 0) is 35.4 Å². The summed E-state index contributed by atoms with van der Waals surface area (Å²) in [6.07, 6.45) is 4.61. The minimum Gasteiger partial charge on any atom is -0.399 e. The molecule has 0 saturated heterocycles. The highest BCUT2D eigenvalue weighted by Crippen LogP contribution is 2.15. The zero-order valence-corrected chi connectivity index (χ0v) is 12.3. The first-order valence-electron chi connectivity index (χ1n) is 6.79. The molecule has 4 heteroatoms. The maximum atomic E-state index is 5.91. The molecule has 0 unspecified atom stereocenters. The number of imidazole rings is 1. The molecule has 2 N–H and O–H groups in total. The molecule has 0 aliphatic rings. The fourth-order valence-electron chi connectivity index (χ4n) is 2.32. The van der Waals surface area contributed by atoms with Crippen LogP contribution >= 0.6 is 11.6 Å². The highest BCUT2D eigenvalue weighted by Gasteiger charge is 2.05. The van der Waals surface area contributed by atoms with Gasteiger partial charge in [-0.2, -0.15) is 0 Å². The zero-order chi connectivity index (χ0) is 14.7. The lowest BCUT2D eigenvalue weighted by molar-refractivity contribution is 0.741. The third kappa shape index (κ3) is 3.44. The van der Waals surface area contributed by atoms with Crippen LogP contribution in [0.25, 0.3) is 0 Å². The molecule has 3 aromatic rings. The van der Waals surface area contributed by atoms with E-state index in [1.165, 1.54) is 11.1 Å². The third-order valence-corrected chi connectivity index (χ3v) is 3.63. The number of rotatable bonds is 4. The monoisotopic (exact) mass is 297 g/mol. The van der Waals surface area contributed by atoms with Gasteiger partial charge in [0, 0.05) is 36.1 Å². The molecule has 0 aliphatic heterocycles. The average Bonchev–Trinajstić information content (AvgIpc) is 2.89. The number of nitrogen functional groups attached to an aromatic ring is 1. The minimum absolute atomic E-state index is 0.752. The molecule has 1 heterocycles. The molecule has 2 aromatic carbocycles. The minimum atomic E-state index is 0.752. The molecule has 0 fully saturated rings. The first kappa shape index (κ1) is 13.7. The number of hydrogen-bond donors (Lipinski definition) is 1. The fraction of sp³-hybridized carbons (Fsp3) is 0.118. The summed E-state index contributed by atoms with van der Waals surface area (Å²) in [5.41, 5.74) is 8.98.